The van der Waals surface area contributed by atoms with Gasteiger partial charge in [-0.05, 0) is 38.1 Å². The number of nitrogens with zero attached hydrogens (tertiary/aromatic N) is 3. The number of fused-ring (bicyclic) bond motifs is 1. The summed E-state index contributed by atoms with van der Waals surface area (Å²) in [5.41, 5.74) is 8.27. The van der Waals surface area contributed by atoms with Crippen LogP contribution in [0.5, 0.6) is 0 Å². The Hall–Kier alpha value is -2.64. The third-order valence-corrected chi connectivity index (χ3v) is 4.54. The third-order valence-electron chi connectivity index (χ3n) is 4.54. The van der Waals surface area contributed by atoms with Gasteiger partial charge in [-0.1, -0.05) is 6.07 Å². The lowest BCUT2D eigenvalue weighted by molar-refractivity contribution is 0.0989. The zero-order chi connectivity index (χ0) is 18.5. The van der Waals surface area contributed by atoms with Gasteiger partial charge < -0.3 is 25.7 Å². The zero-order valence-electron chi connectivity index (χ0n) is 15.4. The van der Waals surface area contributed by atoms with Crippen LogP contribution in [0, 0.1) is 0 Å². The summed E-state index contributed by atoms with van der Waals surface area (Å²) in [5, 5.41) is 7.72. The first-order chi connectivity index (χ1) is 12.6. The first-order valence-electron chi connectivity index (χ1n) is 8.82. The molecule has 7 heteroatoms. The summed E-state index contributed by atoms with van der Waals surface area (Å²) in [5.74, 6) is 1.26. The normalized spacial score (nSPS) is 13.5. The van der Waals surface area contributed by atoms with E-state index >= 15 is 0 Å². The average molecular weight is 354 g/mol. The minimum atomic E-state index is -0.136. The molecule has 0 saturated carbocycles. The van der Waals surface area contributed by atoms with E-state index in [0.717, 1.165) is 18.1 Å². The average Bonchev–Trinajstić information content (AvgIpc) is 3.10. The molecular formula is C19H26N6O. The first-order valence-corrected chi connectivity index (χ1v) is 8.82. The van der Waals surface area contributed by atoms with Gasteiger partial charge in [-0.15, -0.1) is 0 Å². The Morgan fingerprint density at radius 2 is 2.12 bits per heavy atom. The van der Waals surface area contributed by atoms with Crippen LogP contribution in [0.2, 0.25) is 0 Å². The molecule has 0 saturated heterocycles. The van der Waals surface area contributed by atoms with E-state index in [2.05, 4.69) is 50.4 Å². The Morgan fingerprint density at radius 3 is 2.88 bits per heavy atom. The molecule has 0 aliphatic rings. The zero-order valence-corrected chi connectivity index (χ0v) is 15.4. The molecule has 2 heterocycles. The molecule has 2 atom stereocenters. The van der Waals surface area contributed by atoms with Crippen LogP contribution >= 0.6 is 0 Å². The summed E-state index contributed by atoms with van der Waals surface area (Å²) in [6.45, 7) is 5.55. The van der Waals surface area contributed by atoms with Crippen LogP contribution in [0.4, 0.5) is 17.5 Å². The number of nitrogens with two attached hydrogens (primary N) is 1. The topological polar surface area (TPSA) is 90.0 Å². The number of aryl methyl sites for hydroxylation is 1. The predicted molar refractivity (Wildman–Crippen MR) is 106 cm³/mol. The Bertz CT molecular complexity index is 862. The summed E-state index contributed by atoms with van der Waals surface area (Å²) < 4.78 is 7.45. The number of methoxy groups -OCH3 is 1. The van der Waals surface area contributed by atoms with Crippen LogP contribution in [0.25, 0.3) is 10.9 Å². The maximum atomic E-state index is 6.05. The monoisotopic (exact) mass is 354 g/mol. The van der Waals surface area contributed by atoms with Crippen molar-refractivity contribution in [2.24, 2.45) is 5.73 Å². The van der Waals surface area contributed by atoms with Crippen LogP contribution < -0.4 is 16.4 Å². The number of benzene rings is 1. The van der Waals surface area contributed by atoms with Crippen molar-refractivity contribution in [2.75, 3.05) is 24.3 Å². The van der Waals surface area contributed by atoms with Gasteiger partial charge in [0.05, 0.1) is 11.6 Å². The van der Waals surface area contributed by atoms with Gasteiger partial charge in [0.25, 0.3) is 0 Å². The van der Waals surface area contributed by atoms with Crippen molar-refractivity contribution in [3.8, 4) is 0 Å². The lowest BCUT2D eigenvalue weighted by atomic mass is 10.2. The highest BCUT2D eigenvalue weighted by molar-refractivity contribution is 5.93. The van der Waals surface area contributed by atoms with Crippen LogP contribution in [0.1, 0.15) is 13.8 Å². The molecule has 26 heavy (non-hydrogen) atoms. The van der Waals surface area contributed by atoms with Crippen LogP contribution in [-0.2, 0) is 11.3 Å². The second-order valence-electron chi connectivity index (χ2n) is 6.22. The molecule has 4 N–H and O–H groups in total. The van der Waals surface area contributed by atoms with Gasteiger partial charge in [-0.2, -0.15) is 4.98 Å². The molecule has 1 aromatic carbocycles. The number of anilines is 3. The molecule has 0 aliphatic carbocycles. The van der Waals surface area contributed by atoms with E-state index in [9.17, 15) is 0 Å². The van der Waals surface area contributed by atoms with Crippen molar-refractivity contribution in [3.05, 3.63) is 42.7 Å². The fourth-order valence-electron chi connectivity index (χ4n) is 2.81. The van der Waals surface area contributed by atoms with E-state index in [1.807, 2.05) is 25.1 Å². The molecule has 3 rings (SSSR count). The van der Waals surface area contributed by atoms with E-state index in [1.165, 1.54) is 10.9 Å². The Balaban J connectivity index is 1.74. The lowest BCUT2D eigenvalue weighted by Gasteiger charge is -2.18. The summed E-state index contributed by atoms with van der Waals surface area (Å²) in [6, 6.07) is 10.0. The SMILES string of the molecule is CCn1ccc2c(Nc3ccnc(NC[C@@H](N)[C@@H](C)OC)n3)cccc21. The van der Waals surface area contributed by atoms with Crippen LogP contribution in [0.15, 0.2) is 42.7 Å². The fraction of sp³-hybridized carbons (Fsp3) is 0.368. The van der Waals surface area contributed by atoms with Gasteiger partial charge in [-0.3, -0.25) is 0 Å². The lowest BCUT2D eigenvalue weighted by Crippen LogP contribution is -2.40. The Kier molecular flexibility index (Phi) is 5.70. The smallest absolute Gasteiger partial charge is 0.224 e. The second kappa shape index (κ2) is 8.16. The number of rotatable bonds is 8. The maximum absolute atomic E-state index is 6.05. The first kappa shape index (κ1) is 18.2. The number of hydrogen-bond acceptors (Lipinski definition) is 6. The molecule has 0 fully saturated rings. The molecule has 138 valence electrons. The standard InChI is InChI=1S/C19H26N6O/c1-4-25-11-9-14-16(6-5-7-17(14)25)23-18-8-10-21-19(24-18)22-12-15(20)13(2)26-3/h5-11,13,15H,4,12,20H2,1-3H3,(H2,21,22,23,24)/t13-,15-/m1/s1. The highest BCUT2D eigenvalue weighted by Crippen LogP contribution is 2.27. The molecule has 0 aliphatic heterocycles. The highest BCUT2D eigenvalue weighted by atomic mass is 16.5. The maximum Gasteiger partial charge on any atom is 0.224 e. The number of aromatic nitrogens is 3. The second-order valence-corrected chi connectivity index (χ2v) is 6.22. The van der Waals surface area contributed by atoms with Crippen molar-refractivity contribution < 1.29 is 4.74 Å². The summed E-state index contributed by atoms with van der Waals surface area (Å²) in [4.78, 5) is 8.78. The van der Waals surface area contributed by atoms with Crippen molar-refractivity contribution in [3.63, 3.8) is 0 Å². The van der Waals surface area contributed by atoms with Crippen LogP contribution in [-0.4, -0.2) is 40.3 Å². The predicted octanol–water partition coefficient (Wildman–Crippen LogP) is 2.97. The van der Waals surface area contributed by atoms with E-state index in [4.69, 9.17) is 10.5 Å². The van der Waals surface area contributed by atoms with Gasteiger partial charge in [0, 0.05) is 49.7 Å². The van der Waals surface area contributed by atoms with Gasteiger partial charge >= 0.3 is 0 Å². The van der Waals surface area contributed by atoms with Crippen LogP contribution in [0.3, 0.4) is 0 Å². The highest BCUT2D eigenvalue weighted by Gasteiger charge is 2.12. The molecule has 0 spiro atoms. The van der Waals surface area contributed by atoms with E-state index in [0.29, 0.717) is 12.5 Å². The minimum absolute atomic E-state index is 0.0380. The number of hydrogen-bond donors (Lipinski definition) is 3. The molecule has 2 aromatic heterocycles. The van der Waals surface area contributed by atoms with E-state index < -0.39 is 0 Å². The Labute approximate surface area is 153 Å². The van der Waals surface area contributed by atoms with Crippen molar-refractivity contribution in [1.82, 2.24) is 14.5 Å². The van der Waals surface area contributed by atoms with E-state index in [-0.39, 0.29) is 12.1 Å². The largest absolute Gasteiger partial charge is 0.380 e. The van der Waals surface area contributed by atoms with Gasteiger partial charge in [0.2, 0.25) is 5.95 Å². The molecule has 0 bridgehead atoms. The fourth-order valence-corrected chi connectivity index (χ4v) is 2.81. The van der Waals surface area contributed by atoms with E-state index in [1.54, 1.807) is 13.3 Å². The summed E-state index contributed by atoms with van der Waals surface area (Å²) >= 11 is 0. The van der Waals surface area contributed by atoms with Gasteiger partial charge in [-0.25, -0.2) is 4.98 Å². The molecular weight excluding hydrogens is 328 g/mol. The van der Waals surface area contributed by atoms with Crippen molar-refractivity contribution in [2.45, 2.75) is 32.5 Å². The van der Waals surface area contributed by atoms with Crippen molar-refractivity contribution in [1.29, 1.82) is 0 Å². The molecule has 7 nitrogen and oxygen atoms in total. The molecule has 0 radical (unpaired) electrons. The molecule has 0 unspecified atom stereocenters. The van der Waals surface area contributed by atoms with Gasteiger partial charge in [0.15, 0.2) is 0 Å². The van der Waals surface area contributed by atoms with Gasteiger partial charge in [0.1, 0.15) is 5.82 Å². The minimum Gasteiger partial charge on any atom is -0.380 e. The van der Waals surface area contributed by atoms with Crippen molar-refractivity contribution >= 4 is 28.4 Å². The molecule has 0 amide bonds. The Morgan fingerprint density at radius 1 is 1.27 bits per heavy atom. The number of nitrogens with one attached hydrogen (secondary N) is 2. The summed E-state index contributed by atoms with van der Waals surface area (Å²) in [7, 11) is 1.65. The molecule has 3 aromatic rings. The third kappa shape index (κ3) is 3.95. The summed E-state index contributed by atoms with van der Waals surface area (Å²) in [6.07, 6.45) is 3.78. The quantitative estimate of drug-likeness (QED) is 0.576. The number of ether oxygens (including phenoxy) is 1.